The summed E-state index contributed by atoms with van der Waals surface area (Å²) in [5.74, 6) is 2.26. The Bertz CT molecular complexity index is 1060. The molecule has 1 aromatic heterocycles. The van der Waals surface area contributed by atoms with Crippen LogP contribution in [-0.2, 0) is 13.1 Å². The smallest absolute Gasteiger partial charge is 0.161 e. The van der Waals surface area contributed by atoms with E-state index in [-0.39, 0.29) is 0 Å². The summed E-state index contributed by atoms with van der Waals surface area (Å²) in [7, 11) is 1.66. The summed E-state index contributed by atoms with van der Waals surface area (Å²) < 4.78 is 19.2. The molecule has 7 nitrogen and oxygen atoms in total. The van der Waals surface area contributed by atoms with Gasteiger partial charge in [-0.3, -0.25) is 9.58 Å². The van der Waals surface area contributed by atoms with Gasteiger partial charge in [-0.25, -0.2) is 0 Å². The third kappa shape index (κ3) is 6.52. The van der Waals surface area contributed by atoms with Gasteiger partial charge in [-0.15, -0.1) is 0 Å². The molecule has 3 aromatic rings. The molecule has 0 amide bonds. The zero-order valence-electron chi connectivity index (χ0n) is 20.4. The third-order valence-corrected chi connectivity index (χ3v) is 6.29. The monoisotopic (exact) mass is 465 g/mol. The van der Waals surface area contributed by atoms with Gasteiger partial charge in [-0.2, -0.15) is 5.10 Å². The average Bonchev–Trinajstić information content (AvgIpc) is 3.26. The first kappa shape index (κ1) is 24.1. The third-order valence-electron chi connectivity index (χ3n) is 6.29. The van der Waals surface area contributed by atoms with E-state index in [0.717, 1.165) is 48.0 Å². The van der Waals surface area contributed by atoms with Crippen LogP contribution in [0.3, 0.4) is 0 Å². The number of nitrogens with zero attached hydrogens (tertiary/aromatic N) is 3. The molecule has 0 bridgehead atoms. The number of benzene rings is 2. The molecule has 1 saturated heterocycles. The second-order valence-corrected chi connectivity index (χ2v) is 9.22. The maximum atomic E-state index is 11.0. The zero-order chi connectivity index (χ0) is 24.0. The summed E-state index contributed by atoms with van der Waals surface area (Å²) in [4.78, 5) is 2.36. The van der Waals surface area contributed by atoms with Gasteiger partial charge in [0.05, 0.1) is 19.9 Å². The molecular weight excluding hydrogens is 430 g/mol. The number of ether oxygens (including phenoxy) is 3. The Balaban J connectivity index is 1.25. The van der Waals surface area contributed by atoms with Crippen molar-refractivity contribution in [2.75, 3.05) is 33.4 Å². The molecule has 0 atom stereocenters. The minimum Gasteiger partial charge on any atom is -0.493 e. The number of rotatable bonds is 10. The number of aliphatic hydroxyl groups is 1. The zero-order valence-corrected chi connectivity index (χ0v) is 20.4. The van der Waals surface area contributed by atoms with Crippen LogP contribution in [0, 0.1) is 13.8 Å². The van der Waals surface area contributed by atoms with E-state index < -0.39 is 5.60 Å². The molecule has 1 N–H and O–H groups in total. The van der Waals surface area contributed by atoms with E-state index >= 15 is 0 Å². The van der Waals surface area contributed by atoms with Crippen LogP contribution < -0.4 is 14.2 Å². The number of piperidine rings is 1. The van der Waals surface area contributed by atoms with Crippen LogP contribution in [0.2, 0.25) is 0 Å². The lowest BCUT2D eigenvalue weighted by Gasteiger charge is -2.38. The number of hydrogen-bond donors (Lipinski definition) is 1. The van der Waals surface area contributed by atoms with Gasteiger partial charge in [0.1, 0.15) is 24.6 Å². The molecule has 2 heterocycles. The summed E-state index contributed by atoms with van der Waals surface area (Å²) in [6.07, 6.45) is 5.21. The van der Waals surface area contributed by atoms with Crippen LogP contribution in [0.25, 0.3) is 0 Å². The lowest BCUT2D eigenvalue weighted by atomic mass is 9.92. The van der Waals surface area contributed by atoms with Gasteiger partial charge in [0, 0.05) is 25.8 Å². The second kappa shape index (κ2) is 10.9. The van der Waals surface area contributed by atoms with E-state index in [2.05, 4.69) is 16.1 Å². The number of methoxy groups -OCH3 is 1. The van der Waals surface area contributed by atoms with Crippen LogP contribution in [0.15, 0.2) is 54.9 Å². The molecular formula is C27H35N3O4. The van der Waals surface area contributed by atoms with E-state index in [4.69, 9.17) is 14.2 Å². The minimum atomic E-state index is -0.788. The number of likely N-dealkylation sites (tertiary alicyclic amines) is 1. The lowest BCUT2D eigenvalue weighted by molar-refractivity contribution is -0.0537. The summed E-state index contributed by atoms with van der Waals surface area (Å²) in [6.45, 7) is 8.03. The fourth-order valence-electron chi connectivity index (χ4n) is 4.15. The molecule has 1 aliphatic heterocycles. The van der Waals surface area contributed by atoms with E-state index in [9.17, 15) is 5.11 Å². The summed E-state index contributed by atoms with van der Waals surface area (Å²) in [5.41, 5.74) is 2.70. The normalized spacial score (nSPS) is 15.8. The number of aryl methyl sites for hydroxylation is 2. The van der Waals surface area contributed by atoms with Crippen LogP contribution in [-0.4, -0.2) is 58.8 Å². The SMILES string of the molecule is COc1cc(CN2CCC(O)(COc3ccc(C)cc3)CC2)ccc1OCCn1cc(C)cn1. The van der Waals surface area contributed by atoms with Crippen molar-refractivity contribution in [3.8, 4) is 17.2 Å². The van der Waals surface area contributed by atoms with Gasteiger partial charge in [0.25, 0.3) is 0 Å². The molecule has 0 radical (unpaired) electrons. The minimum absolute atomic E-state index is 0.321. The summed E-state index contributed by atoms with van der Waals surface area (Å²) in [5, 5.41) is 15.2. The predicted octanol–water partition coefficient (Wildman–Crippen LogP) is 3.99. The fourth-order valence-corrected chi connectivity index (χ4v) is 4.15. The molecule has 182 valence electrons. The molecule has 0 saturated carbocycles. The van der Waals surface area contributed by atoms with Crippen LogP contribution in [0.1, 0.15) is 29.5 Å². The van der Waals surface area contributed by atoms with Crippen LogP contribution in [0.5, 0.6) is 17.2 Å². The number of aromatic nitrogens is 2. The predicted molar refractivity (Wildman–Crippen MR) is 132 cm³/mol. The van der Waals surface area contributed by atoms with Crippen LogP contribution in [0.4, 0.5) is 0 Å². The molecule has 1 fully saturated rings. The maximum Gasteiger partial charge on any atom is 0.161 e. The van der Waals surface area contributed by atoms with Gasteiger partial charge in [0.15, 0.2) is 11.5 Å². The van der Waals surface area contributed by atoms with Gasteiger partial charge in [-0.05, 0) is 62.1 Å². The molecule has 34 heavy (non-hydrogen) atoms. The first-order valence-electron chi connectivity index (χ1n) is 11.9. The first-order chi connectivity index (χ1) is 16.4. The van der Waals surface area contributed by atoms with Gasteiger partial charge in [-0.1, -0.05) is 23.8 Å². The van der Waals surface area contributed by atoms with Gasteiger partial charge >= 0.3 is 0 Å². The Morgan fingerprint density at radius 2 is 1.74 bits per heavy atom. The van der Waals surface area contributed by atoms with Crippen molar-refractivity contribution >= 4 is 0 Å². The fraction of sp³-hybridized carbons (Fsp3) is 0.444. The van der Waals surface area contributed by atoms with Gasteiger partial charge in [0.2, 0.25) is 0 Å². The Morgan fingerprint density at radius 3 is 2.41 bits per heavy atom. The van der Waals surface area contributed by atoms with Gasteiger partial charge < -0.3 is 19.3 Å². The maximum absolute atomic E-state index is 11.0. The Morgan fingerprint density at radius 1 is 0.971 bits per heavy atom. The highest BCUT2D eigenvalue weighted by Gasteiger charge is 2.33. The van der Waals surface area contributed by atoms with Crippen molar-refractivity contribution in [1.29, 1.82) is 0 Å². The van der Waals surface area contributed by atoms with E-state index in [0.29, 0.717) is 32.6 Å². The molecule has 0 spiro atoms. The van der Waals surface area contributed by atoms with Crippen LogP contribution >= 0.6 is 0 Å². The van der Waals surface area contributed by atoms with E-state index in [1.54, 1.807) is 7.11 Å². The largest absolute Gasteiger partial charge is 0.493 e. The highest BCUT2D eigenvalue weighted by Crippen LogP contribution is 2.30. The average molecular weight is 466 g/mol. The lowest BCUT2D eigenvalue weighted by Crippen LogP contribution is -2.47. The second-order valence-electron chi connectivity index (χ2n) is 9.22. The highest BCUT2D eigenvalue weighted by molar-refractivity contribution is 5.43. The molecule has 2 aromatic carbocycles. The van der Waals surface area contributed by atoms with Crippen molar-refractivity contribution in [1.82, 2.24) is 14.7 Å². The Hall–Kier alpha value is -3.03. The summed E-state index contributed by atoms with van der Waals surface area (Å²) in [6, 6.07) is 14.0. The van der Waals surface area contributed by atoms with E-state index in [1.807, 2.05) is 67.3 Å². The summed E-state index contributed by atoms with van der Waals surface area (Å²) >= 11 is 0. The first-order valence-corrected chi connectivity index (χ1v) is 11.9. The molecule has 7 heteroatoms. The molecule has 0 aliphatic carbocycles. The molecule has 1 aliphatic rings. The quantitative estimate of drug-likeness (QED) is 0.488. The Kier molecular flexibility index (Phi) is 7.75. The van der Waals surface area contributed by atoms with Crippen molar-refractivity contribution in [2.45, 2.75) is 45.4 Å². The standard InChI is InChI=1S/C27H35N3O4/c1-21-4-7-24(8-5-21)34-20-27(31)10-12-29(13-11-27)19-23-6-9-25(26(16-23)32-3)33-15-14-30-18-22(2)17-28-30/h4-9,16-18,31H,10-15,19-20H2,1-3H3. The van der Waals surface area contributed by atoms with Crippen molar-refractivity contribution in [3.63, 3.8) is 0 Å². The van der Waals surface area contributed by atoms with Crippen molar-refractivity contribution < 1.29 is 19.3 Å². The van der Waals surface area contributed by atoms with E-state index in [1.165, 1.54) is 5.56 Å². The topological polar surface area (TPSA) is 69.0 Å². The number of hydrogen-bond acceptors (Lipinski definition) is 6. The van der Waals surface area contributed by atoms with Crippen molar-refractivity contribution in [3.05, 3.63) is 71.5 Å². The Labute approximate surface area is 201 Å². The highest BCUT2D eigenvalue weighted by atomic mass is 16.5. The molecule has 0 unspecified atom stereocenters. The molecule has 4 rings (SSSR count). The van der Waals surface area contributed by atoms with Crippen molar-refractivity contribution in [2.24, 2.45) is 0 Å².